The van der Waals surface area contributed by atoms with Gasteiger partial charge in [0.2, 0.25) is 5.91 Å². The highest BCUT2D eigenvalue weighted by atomic mass is 16.5. The fourth-order valence-corrected chi connectivity index (χ4v) is 3.58. The van der Waals surface area contributed by atoms with Crippen molar-refractivity contribution in [1.82, 2.24) is 4.90 Å². The van der Waals surface area contributed by atoms with E-state index in [1.165, 1.54) is 0 Å². The molecular weight excluding hydrogens is 366 g/mol. The van der Waals surface area contributed by atoms with Crippen LogP contribution in [-0.2, 0) is 16.1 Å². The molecular formula is C24H29NO4. The van der Waals surface area contributed by atoms with Crippen molar-refractivity contribution in [3.8, 4) is 5.75 Å². The van der Waals surface area contributed by atoms with Crippen molar-refractivity contribution in [3.05, 3.63) is 64.7 Å². The molecule has 3 rings (SSSR count). The number of phenols is 1. The third kappa shape index (κ3) is 5.67. The monoisotopic (exact) mass is 395 g/mol. The third-order valence-electron chi connectivity index (χ3n) is 5.55. The van der Waals surface area contributed by atoms with Crippen LogP contribution in [0, 0.1) is 13.8 Å². The highest BCUT2D eigenvalue weighted by Gasteiger charge is 2.24. The molecule has 1 aliphatic rings. The quantitative estimate of drug-likeness (QED) is 0.681. The second-order valence-electron chi connectivity index (χ2n) is 7.76. The molecule has 2 aromatic carbocycles. The van der Waals surface area contributed by atoms with Gasteiger partial charge in [0.1, 0.15) is 5.75 Å². The molecule has 0 radical (unpaired) electrons. The molecule has 5 heteroatoms. The van der Waals surface area contributed by atoms with Gasteiger partial charge in [-0.3, -0.25) is 9.59 Å². The fraction of sp³-hybridized carbons (Fsp3) is 0.417. The Bertz CT molecular complexity index is 871. The van der Waals surface area contributed by atoms with Crippen LogP contribution >= 0.6 is 0 Å². The summed E-state index contributed by atoms with van der Waals surface area (Å²) in [5.41, 5.74) is 3.55. The van der Waals surface area contributed by atoms with Gasteiger partial charge in [-0.15, -0.1) is 0 Å². The lowest BCUT2D eigenvalue weighted by Gasteiger charge is -2.26. The summed E-state index contributed by atoms with van der Waals surface area (Å²) in [6, 6.07) is 12.7. The van der Waals surface area contributed by atoms with E-state index in [9.17, 15) is 14.7 Å². The maximum atomic E-state index is 12.9. The highest BCUT2D eigenvalue weighted by Crippen LogP contribution is 2.21. The number of ketones is 1. The molecule has 29 heavy (non-hydrogen) atoms. The summed E-state index contributed by atoms with van der Waals surface area (Å²) in [5.74, 6) is 0.0471. The van der Waals surface area contributed by atoms with Crippen molar-refractivity contribution in [2.75, 3.05) is 13.2 Å². The molecule has 1 unspecified atom stereocenters. The predicted octanol–water partition coefficient (Wildman–Crippen LogP) is 4.18. The number of hydrogen-bond donors (Lipinski definition) is 1. The Morgan fingerprint density at radius 1 is 1.10 bits per heavy atom. The molecule has 1 atom stereocenters. The molecule has 0 bridgehead atoms. The summed E-state index contributed by atoms with van der Waals surface area (Å²) in [5, 5.41) is 10.1. The fourth-order valence-electron chi connectivity index (χ4n) is 3.58. The molecule has 5 nitrogen and oxygen atoms in total. The number of ether oxygens (including phenoxy) is 1. The Morgan fingerprint density at radius 2 is 1.90 bits per heavy atom. The van der Waals surface area contributed by atoms with Crippen LogP contribution in [0.2, 0.25) is 0 Å². The van der Waals surface area contributed by atoms with Crippen LogP contribution in [0.3, 0.4) is 0 Å². The summed E-state index contributed by atoms with van der Waals surface area (Å²) in [7, 11) is 0. The number of hydrogen-bond acceptors (Lipinski definition) is 4. The minimum atomic E-state index is -0.0964. The van der Waals surface area contributed by atoms with Crippen LogP contribution < -0.4 is 0 Å². The zero-order chi connectivity index (χ0) is 20.8. The third-order valence-corrected chi connectivity index (χ3v) is 5.55. The molecule has 1 heterocycles. The molecule has 0 aliphatic carbocycles. The molecule has 0 spiro atoms. The van der Waals surface area contributed by atoms with Crippen molar-refractivity contribution in [2.45, 2.75) is 52.2 Å². The summed E-state index contributed by atoms with van der Waals surface area (Å²) in [4.78, 5) is 27.2. The Labute approximate surface area is 172 Å². The predicted molar refractivity (Wildman–Crippen MR) is 112 cm³/mol. The van der Waals surface area contributed by atoms with Gasteiger partial charge in [-0.25, -0.2) is 0 Å². The van der Waals surface area contributed by atoms with Crippen LogP contribution in [0.25, 0.3) is 0 Å². The number of nitrogens with zero attached hydrogens (tertiary/aromatic N) is 1. The van der Waals surface area contributed by atoms with Gasteiger partial charge in [-0.1, -0.05) is 30.3 Å². The van der Waals surface area contributed by atoms with E-state index in [4.69, 9.17) is 4.74 Å². The lowest BCUT2D eigenvalue weighted by atomic mass is 10.0. The first-order valence-corrected chi connectivity index (χ1v) is 10.2. The number of rotatable bonds is 8. The number of para-hydroxylation sites is 1. The maximum Gasteiger partial charge on any atom is 0.223 e. The van der Waals surface area contributed by atoms with E-state index >= 15 is 0 Å². The normalized spacial score (nSPS) is 16.0. The van der Waals surface area contributed by atoms with E-state index in [2.05, 4.69) is 0 Å². The second-order valence-corrected chi connectivity index (χ2v) is 7.76. The summed E-state index contributed by atoms with van der Waals surface area (Å²) in [6.07, 6.45) is 2.25. The smallest absolute Gasteiger partial charge is 0.223 e. The van der Waals surface area contributed by atoms with Crippen LogP contribution in [0.1, 0.15) is 52.7 Å². The van der Waals surface area contributed by atoms with Gasteiger partial charge in [-0.05, 0) is 49.9 Å². The van der Waals surface area contributed by atoms with Gasteiger partial charge in [0.05, 0.1) is 6.10 Å². The number of carbonyl (C=O) groups is 2. The standard InChI is InChI=1S/C24H29NO4/c1-17-9-10-19(14-18(17)2)23(27)11-12-24(28)25(16-21-7-5-13-29-21)15-20-6-3-4-8-22(20)26/h3-4,6,8-10,14,21,26H,5,7,11-13,15-16H2,1-2H3. The maximum absolute atomic E-state index is 12.9. The van der Waals surface area contributed by atoms with Crippen molar-refractivity contribution >= 4 is 11.7 Å². The number of aromatic hydroxyl groups is 1. The molecule has 2 aromatic rings. The first kappa shape index (κ1) is 21.1. The Morgan fingerprint density at radius 3 is 2.59 bits per heavy atom. The lowest BCUT2D eigenvalue weighted by Crippen LogP contribution is -2.37. The molecule has 1 saturated heterocycles. The Hall–Kier alpha value is -2.66. The van der Waals surface area contributed by atoms with E-state index in [-0.39, 0.29) is 36.4 Å². The van der Waals surface area contributed by atoms with Gasteiger partial charge < -0.3 is 14.7 Å². The zero-order valence-corrected chi connectivity index (χ0v) is 17.2. The van der Waals surface area contributed by atoms with Crippen molar-refractivity contribution < 1.29 is 19.4 Å². The number of benzene rings is 2. The van der Waals surface area contributed by atoms with Crippen LogP contribution in [0.15, 0.2) is 42.5 Å². The lowest BCUT2D eigenvalue weighted by molar-refractivity contribution is -0.133. The van der Waals surface area contributed by atoms with Gasteiger partial charge in [0.25, 0.3) is 0 Å². The first-order chi connectivity index (χ1) is 13.9. The van der Waals surface area contributed by atoms with Crippen LogP contribution in [-0.4, -0.2) is 41.0 Å². The summed E-state index contributed by atoms with van der Waals surface area (Å²) in [6.45, 7) is 5.49. The molecule has 1 N–H and O–H groups in total. The van der Waals surface area contributed by atoms with Crippen LogP contribution in [0.4, 0.5) is 0 Å². The summed E-state index contributed by atoms with van der Waals surface area (Å²) < 4.78 is 5.70. The van der Waals surface area contributed by atoms with Gasteiger partial charge >= 0.3 is 0 Å². The van der Waals surface area contributed by atoms with E-state index in [1.807, 2.05) is 44.2 Å². The molecule has 154 valence electrons. The van der Waals surface area contributed by atoms with Crippen molar-refractivity contribution in [3.63, 3.8) is 0 Å². The molecule has 0 saturated carbocycles. The van der Waals surface area contributed by atoms with E-state index in [1.54, 1.807) is 17.0 Å². The van der Waals surface area contributed by atoms with E-state index in [0.717, 1.165) is 24.0 Å². The van der Waals surface area contributed by atoms with Crippen molar-refractivity contribution in [2.24, 2.45) is 0 Å². The van der Waals surface area contributed by atoms with E-state index < -0.39 is 0 Å². The van der Waals surface area contributed by atoms with Crippen molar-refractivity contribution in [1.29, 1.82) is 0 Å². The average Bonchev–Trinajstić information content (AvgIpc) is 3.22. The van der Waals surface area contributed by atoms with Crippen LogP contribution in [0.5, 0.6) is 5.75 Å². The number of phenolic OH excluding ortho intramolecular Hbond substituents is 1. The number of Topliss-reactive ketones (excluding diaryl/α,β-unsaturated/α-hetero) is 1. The van der Waals surface area contributed by atoms with Gasteiger partial charge in [-0.2, -0.15) is 0 Å². The minimum Gasteiger partial charge on any atom is -0.508 e. The van der Waals surface area contributed by atoms with E-state index in [0.29, 0.717) is 30.8 Å². The first-order valence-electron chi connectivity index (χ1n) is 10.2. The minimum absolute atomic E-state index is 0.0141. The summed E-state index contributed by atoms with van der Waals surface area (Å²) >= 11 is 0. The number of carbonyl (C=O) groups excluding carboxylic acids is 2. The molecule has 0 aromatic heterocycles. The Balaban J connectivity index is 1.65. The van der Waals surface area contributed by atoms with Gasteiger partial charge in [0.15, 0.2) is 5.78 Å². The SMILES string of the molecule is Cc1ccc(C(=O)CCC(=O)N(Cc2ccccc2O)CC2CCCO2)cc1C. The highest BCUT2D eigenvalue weighted by molar-refractivity contribution is 5.98. The zero-order valence-electron chi connectivity index (χ0n) is 17.2. The average molecular weight is 395 g/mol. The second kappa shape index (κ2) is 9.70. The molecule has 1 amide bonds. The number of aryl methyl sites for hydroxylation is 2. The Kier molecular flexibility index (Phi) is 7.04. The topological polar surface area (TPSA) is 66.8 Å². The number of amides is 1. The molecule has 1 fully saturated rings. The molecule has 1 aliphatic heterocycles. The van der Waals surface area contributed by atoms with Gasteiger partial charge in [0, 0.05) is 43.7 Å². The largest absolute Gasteiger partial charge is 0.508 e.